The second kappa shape index (κ2) is 10.4. The van der Waals surface area contributed by atoms with Crippen molar-refractivity contribution >= 4 is 17.7 Å². The predicted molar refractivity (Wildman–Crippen MR) is 86.2 cm³/mol. The topological polar surface area (TPSA) is 44.8 Å². The van der Waals surface area contributed by atoms with Gasteiger partial charge in [-0.25, -0.2) is 0 Å². The molecule has 0 aliphatic carbocycles. The second-order valence-corrected chi connectivity index (χ2v) is 5.82. The third kappa shape index (κ3) is 7.27. The predicted octanol–water partition coefficient (Wildman–Crippen LogP) is 3.40. The van der Waals surface area contributed by atoms with Gasteiger partial charge in [0.05, 0.1) is 26.2 Å². The number of ether oxygens (including phenoxy) is 3. The monoisotopic (exact) mass is 312 g/mol. The summed E-state index contributed by atoms with van der Waals surface area (Å²) < 4.78 is 15.8. The van der Waals surface area contributed by atoms with E-state index in [1.165, 1.54) is 7.11 Å². The summed E-state index contributed by atoms with van der Waals surface area (Å²) in [6.45, 7) is 5.30. The fourth-order valence-electron chi connectivity index (χ4n) is 1.60. The molecule has 0 aliphatic heterocycles. The fourth-order valence-corrected chi connectivity index (χ4v) is 2.46. The van der Waals surface area contributed by atoms with Gasteiger partial charge in [-0.05, 0) is 30.7 Å². The van der Waals surface area contributed by atoms with Gasteiger partial charge in [0.15, 0.2) is 0 Å². The van der Waals surface area contributed by atoms with Crippen LogP contribution in [0.2, 0.25) is 0 Å². The maximum Gasteiger partial charge on any atom is 0.309 e. The molecule has 0 spiro atoms. The summed E-state index contributed by atoms with van der Waals surface area (Å²) in [5.41, 5.74) is 0. The number of hydrogen-bond acceptors (Lipinski definition) is 5. The van der Waals surface area contributed by atoms with Crippen LogP contribution in [0.1, 0.15) is 20.3 Å². The normalized spacial score (nSPS) is 11.8. The van der Waals surface area contributed by atoms with Gasteiger partial charge in [0.1, 0.15) is 11.5 Å². The van der Waals surface area contributed by atoms with Gasteiger partial charge in [0.25, 0.3) is 0 Å². The van der Waals surface area contributed by atoms with E-state index in [1.807, 2.05) is 31.2 Å². The van der Waals surface area contributed by atoms with Gasteiger partial charge in [-0.15, -0.1) is 0 Å². The van der Waals surface area contributed by atoms with E-state index in [-0.39, 0.29) is 11.9 Å². The fraction of sp³-hybridized carbons (Fsp3) is 0.562. The molecule has 0 aromatic heterocycles. The highest BCUT2D eigenvalue weighted by molar-refractivity contribution is 7.99. The minimum atomic E-state index is -0.161. The summed E-state index contributed by atoms with van der Waals surface area (Å²) in [6.07, 6.45) is 0.999. The number of rotatable bonds is 10. The molecule has 0 N–H and O–H groups in total. The van der Waals surface area contributed by atoms with Crippen LogP contribution in [0.15, 0.2) is 24.3 Å². The maximum atomic E-state index is 11.2. The molecule has 5 heteroatoms. The van der Waals surface area contributed by atoms with E-state index >= 15 is 0 Å². The van der Waals surface area contributed by atoms with Crippen molar-refractivity contribution in [3.05, 3.63) is 24.3 Å². The first-order chi connectivity index (χ1) is 10.2. The number of esters is 1. The van der Waals surface area contributed by atoms with Crippen LogP contribution < -0.4 is 9.47 Å². The van der Waals surface area contributed by atoms with Crippen molar-refractivity contribution < 1.29 is 19.0 Å². The van der Waals surface area contributed by atoms with Gasteiger partial charge in [0, 0.05) is 11.5 Å². The average molecular weight is 312 g/mol. The van der Waals surface area contributed by atoms with Crippen molar-refractivity contribution in [2.45, 2.75) is 20.3 Å². The highest BCUT2D eigenvalue weighted by atomic mass is 32.2. The molecule has 21 heavy (non-hydrogen) atoms. The molecule has 1 aromatic carbocycles. The van der Waals surface area contributed by atoms with Gasteiger partial charge in [-0.3, -0.25) is 4.79 Å². The van der Waals surface area contributed by atoms with E-state index in [0.717, 1.165) is 36.0 Å². The highest BCUT2D eigenvalue weighted by Crippen LogP contribution is 2.18. The summed E-state index contributed by atoms with van der Waals surface area (Å²) in [5, 5.41) is 0. The SMILES string of the molecule is CCCOc1ccc(OCCSCC(C)C(=O)OC)cc1. The Morgan fingerprint density at radius 3 is 2.24 bits per heavy atom. The Labute approximate surface area is 131 Å². The quantitative estimate of drug-likeness (QED) is 0.489. The number of thioether (sulfide) groups is 1. The Bertz CT molecular complexity index is 405. The summed E-state index contributed by atoms with van der Waals surface area (Å²) in [6, 6.07) is 7.65. The number of hydrogen-bond donors (Lipinski definition) is 0. The minimum absolute atomic E-state index is 0.0741. The van der Waals surface area contributed by atoms with Gasteiger partial charge in [0.2, 0.25) is 0 Å². The lowest BCUT2D eigenvalue weighted by atomic mass is 10.2. The molecular weight excluding hydrogens is 288 g/mol. The standard InChI is InChI=1S/C16H24O4S/c1-4-9-19-14-5-7-15(8-6-14)20-10-11-21-12-13(2)16(17)18-3/h5-8,13H,4,9-12H2,1-3H3. The molecule has 1 rings (SSSR count). The molecule has 4 nitrogen and oxygen atoms in total. The zero-order valence-electron chi connectivity index (χ0n) is 13.0. The molecule has 1 atom stereocenters. The van der Waals surface area contributed by atoms with E-state index in [2.05, 4.69) is 11.7 Å². The van der Waals surface area contributed by atoms with Crippen LogP contribution in [0.25, 0.3) is 0 Å². The Morgan fingerprint density at radius 1 is 1.14 bits per heavy atom. The van der Waals surface area contributed by atoms with Gasteiger partial charge >= 0.3 is 5.97 Å². The Morgan fingerprint density at radius 2 is 1.71 bits per heavy atom. The molecular formula is C16H24O4S. The summed E-state index contributed by atoms with van der Waals surface area (Å²) in [7, 11) is 1.42. The zero-order chi connectivity index (χ0) is 15.5. The molecule has 0 saturated heterocycles. The van der Waals surface area contributed by atoms with Gasteiger partial charge in [-0.1, -0.05) is 13.8 Å². The third-order valence-electron chi connectivity index (χ3n) is 2.76. The molecule has 0 amide bonds. The first-order valence-electron chi connectivity index (χ1n) is 7.18. The third-order valence-corrected chi connectivity index (χ3v) is 3.96. The van der Waals surface area contributed by atoms with Crippen molar-refractivity contribution in [3.8, 4) is 11.5 Å². The lowest BCUT2D eigenvalue weighted by Crippen LogP contribution is -2.15. The highest BCUT2D eigenvalue weighted by Gasteiger charge is 2.12. The smallest absolute Gasteiger partial charge is 0.309 e. The molecule has 0 fully saturated rings. The van der Waals surface area contributed by atoms with Crippen LogP contribution >= 0.6 is 11.8 Å². The number of carbonyl (C=O) groups excluding carboxylic acids is 1. The van der Waals surface area contributed by atoms with E-state index < -0.39 is 0 Å². The number of carbonyl (C=O) groups is 1. The van der Waals surface area contributed by atoms with Gasteiger partial charge < -0.3 is 14.2 Å². The molecule has 1 aromatic rings. The Balaban J connectivity index is 2.16. The van der Waals surface area contributed by atoms with Crippen LogP contribution in [0.5, 0.6) is 11.5 Å². The number of benzene rings is 1. The Hall–Kier alpha value is -1.36. The van der Waals surface area contributed by atoms with Crippen LogP contribution in [0, 0.1) is 5.92 Å². The summed E-state index contributed by atoms with van der Waals surface area (Å²) in [4.78, 5) is 11.2. The molecule has 0 heterocycles. The van der Waals surface area contributed by atoms with Crippen molar-refractivity contribution in [2.24, 2.45) is 5.92 Å². The van der Waals surface area contributed by atoms with E-state index in [9.17, 15) is 4.79 Å². The molecule has 0 saturated carbocycles. The molecule has 1 unspecified atom stereocenters. The largest absolute Gasteiger partial charge is 0.494 e. The average Bonchev–Trinajstić information content (AvgIpc) is 2.52. The van der Waals surface area contributed by atoms with Crippen LogP contribution in [-0.4, -0.2) is 37.8 Å². The van der Waals surface area contributed by atoms with Crippen LogP contribution in [-0.2, 0) is 9.53 Å². The maximum absolute atomic E-state index is 11.2. The van der Waals surface area contributed by atoms with Crippen molar-refractivity contribution in [1.82, 2.24) is 0 Å². The van der Waals surface area contributed by atoms with Crippen LogP contribution in [0.4, 0.5) is 0 Å². The zero-order valence-corrected chi connectivity index (χ0v) is 13.8. The van der Waals surface area contributed by atoms with Crippen LogP contribution in [0.3, 0.4) is 0 Å². The van der Waals surface area contributed by atoms with Crippen molar-refractivity contribution in [2.75, 3.05) is 31.8 Å². The minimum Gasteiger partial charge on any atom is -0.494 e. The van der Waals surface area contributed by atoms with E-state index in [1.54, 1.807) is 11.8 Å². The van der Waals surface area contributed by atoms with Crippen molar-refractivity contribution in [3.63, 3.8) is 0 Å². The lowest BCUT2D eigenvalue weighted by molar-refractivity contribution is -0.143. The van der Waals surface area contributed by atoms with Gasteiger partial charge in [-0.2, -0.15) is 11.8 Å². The summed E-state index contributed by atoms with van der Waals surface area (Å²) in [5.74, 6) is 3.06. The lowest BCUT2D eigenvalue weighted by Gasteiger charge is -2.10. The van der Waals surface area contributed by atoms with E-state index in [4.69, 9.17) is 9.47 Å². The van der Waals surface area contributed by atoms with Crippen molar-refractivity contribution in [1.29, 1.82) is 0 Å². The second-order valence-electron chi connectivity index (χ2n) is 4.67. The first kappa shape index (κ1) is 17.7. The molecule has 0 aliphatic rings. The number of methoxy groups -OCH3 is 1. The summed E-state index contributed by atoms with van der Waals surface area (Å²) >= 11 is 1.69. The first-order valence-corrected chi connectivity index (χ1v) is 8.34. The van der Waals surface area contributed by atoms with E-state index in [0.29, 0.717) is 6.61 Å². The molecule has 118 valence electrons. The molecule has 0 bridgehead atoms. The molecule has 0 radical (unpaired) electrons. The Kier molecular flexibility index (Phi) is 8.74.